The van der Waals surface area contributed by atoms with Gasteiger partial charge in [0.15, 0.2) is 5.82 Å². The van der Waals surface area contributed by atoms with Crippen LogP contribution in [-0.2, 0) is 6.54 Å². The van der Waals surface area contributed by atoms with Crippen LogP contribution < -0.4 is 0 Å². The molecule has 0 fully saturated rings. The van der Waals surface area contributed by atoms with Crippen molar-refractivity contribution in [3.63, 3.8) is 0 Å². The molecule has 0 aliphatic rings. The van der Waals surface area contributed by atoms with Gasteiger partial charge in [0.05, 0.1) is 6.54 Å². The van der Waals surface area contributed by atoms with Gasteiger partial charge in [0, 0.05) is 12.6 Å². The number of H-pyrrole nitrogens is 1. The maximum absolute atomic E-state index is 12.1. The van der Waals surface area contributed by atoms with E-state index in [0.29, 0.717) is 17.9 Å². The van der Waals surface area contributed by atoms with E-state index in [1.807, 2.05) is 38.1 Å². The van der Waals surface area contributed by atoms with Crippen LogP contribution in [0.15, 0.2) is 24.3 Å². The zero-order valence-corrected chi connectivity index (χ0v) is 10.8. The van der Waals surface area contributed by atoms with E-state index in [0.717, 1.165) is 11.4 Å². The number of hydrogen-bond donors (Lipinski definition) is 1. The van der Waals surface area contributed by atoms with Gasteiger partial charge in [-0.2, -0.15) is 5.10 Å². The van der Waals surface area contributed by atoms with Gasteiger partial charge in [-0.25, -0.2) is 4.98 Å². The Labute approximate surface area is 106 Å². The van der Waals surface area contributed by atoms with E-state index < -0.39 is 0 Å². The number of amides is 1. The Morgan fingerprint density at radius 3 is 2.50 bits per heavy atom. The molecule has 0 saturated carbocycles. The number of hydrogen-bond acceptors (Lipinski definition) is 3. The number of benzene rings is 1. The molecule has 5 heteroatoms. The molecule has 0 radical (unpaired) electrons. The minimum Gasteiger partial charge on any atom is -0.334 e. The first-order valence-electron chi connectivity index (χ1n) is 5.76. The van der Waals surface area contributed by atoms with Crippen LogP contribution in [0, 0.1) is 13.8 Å². The van der Waals surface area contributed by atoms with Gasteiger partial charge in [0.25, 0.3) is 5.91 Å². The van der Waals surface area contributed by atoms with E-state index >= 15 is 0 Å². The van der Waals surface area contributed by atoms with Gasteiger partial charge in [0.1, 0.15) is 5.82 Å². The van der Waals surface area contributed by atoms with Crippen LogP contribution in [-0.4, -0.2) is 33.0 Å². The van der Waals surface area contributed by atoms with E-state index in [9.17, 15) is 4.79 Å². The van der Waals surface area contributed by atoms with Crippen molar-refractivity contribution in [1.82, 2.24) is 20.1 Å². The Morgan fingerprint density at radius 1 is 1.28 bits per heavy atom. The second-order valence-electron chi connectivity index (χ2n) is 4.36. The number of aromatic amines is 1. The second-order valence-corrected chi connectivity index (χ2v) is 4.36. The molecule has 1 amide bonds. The Bertz CT molecular complexity index is 544. The van der Waals surface area contributed by atoms with Crippen molar-refractivity contribution < 1.29 is 4.79 Å². The molecule has 0 spiro atoms. The first kappa shape index (κ1) is 12.3. The standard InChI is InChI=1S/C13H16N4O/c1-9-4-6-11(7-5-9)13(18)17(3)8-12-14-10(2)15-16-12/h4-7H,8H2,1-3H3,(H,14,15,16). The van der Waals surface area contributed by atoms with Gasteiger partial charge in [0.2, 0.25) is 0 Å². The summed E-state index contributed by atoms with van der Waals surface area (Å²) in [5, 5.41) is 6.78. The zero-order valence-electron chi connectivity index (χ0n) is 10.8. The molecule has 0 bridgehead atoms. The fraction of sp³-hybridized carbons (Fsp3) is 0.308. The average Bonchev–Trinajstić information content (AvgIpc) is 2.75. The van der Waals surface area contributed by atoms with E-state index in [-0.39, 0.29) is 5.91 Å². The van der Waals surface area contributed by atoms with Crippen molar-refractivity contribution in [3.8, 4) is 0 Å². The summed E-state index contributed by atoms with van der Waals surface area (Å²) in [6, 6.07) is 7.52. The fourth-order valence-electron chi connectivity index (χ4n) is 1.66. The smallest absolute Gasteiger partial charge is 0.254 e. The van der Waals surface area contributed by atoms with Crippen LogP contribution in [0.5, 0.6) is 0 Å². The molecule has 1 aromatic heterocycles. The molecule has 1 aromatic carbocycles. The van der Waals surface area contributed by atoms with Crippen molar-refractivity contribution in [1.29, 1.82) is 0 Å². The molecule has 0 saturated heterocycles. The fourth-order valence-corrected chi connectivity index (χ4v) is 1.66. The summed E-state index contributed by atoms with van der Waals surface area (Å²) in [6.45, 7) is 4.23. The summed E-state index contributed by atoms with van der Waals surface area (Å²) in [5.74, 6) is 1.34. The van der Waals surface area contributed by atoms with Crippen LogP contribution in [0.2, 0.25) is 0 Å². The molecule has 2 rings (SSSR count). The highest BCUT2D eigenvalue weighted by Crippen LogP contribution is 2.07. The summed E-state index contributed by atoms with van der Waals surface area (Å²) in [4.78, 5) is 17.9. The Kier molecular flexibility index (Phi) is 3.41. The van der Waals surface area contributed by atoms with E-state index in [1.165, 1.54) is 0 Å². The van der Waals surface area contributed by atoms with Crippen molar-refractivity contribution in [2.75, 3.05) is 7.05 Å². The van der Waals surface area contributed by atoms with E-state index in [4.69, 9.17) is 0 Å². The minimum absolute atomic E-state index is 0.0301. The Morgan fingerprint density at radius 2 is 1.94 bits per heavy atom. The number of aromatic nitrogens is 3. The monoisotopic (exact) mass is 244 g/mol. The van der Waals surface area contributed by atoms with Crippen LogP contribution in [0.4, 0.5) is 0 Å². The van der Waals surface area contributed by atoms with Gasteiger partial charge in [-0.3, -0.25) is 9.89 Å². The lowest BCUT2D eigenvalue weighted by atomic mass is 10.1. The van der Waals surface area contributed by atoms with Crippen LogP contribution in [0.1, 0.15) is 27.6 Å². The number of nitrogens with zero attached hydrogens (tertiary/aromatic N) is 3. The third-order valence-corrected chi connectivity index (χ3v) is 2.67. The highest BCUT2D eigenvalue weighted by atomic mass is 16.2. The van der Waals surface area contributed by atoms with Crippen molar-refractivity contribution >= 4 is 5.91 Å². The van der Waals surface area contributed by atoms with Crippen molar-refractivity contribution in [3.05, 3.63) is 47.0 Å². The highest BCUT2D eigenvalue weighted by Gasteiger charge is 2.13. The zero-order chi connectivity index (χ0) is 13.1. The summed E-state index contributed by atoms with van der Waals surface area (Å²) in [6.07, 6.45) is 0. The molecule has 2 aromatic rings. The molecular formula is C13H16N4O. The van der Waals surface area contributed by atoms with Gasteiger partial charge >= 0.3 is 0 Å². The number of rotatable bonds is 3. The first-order valence-corrected chi connectivity index (χ1v) is 5.76. The largest absolute Gasteiger partial charge is 0.334 e. The van der Waals surface area contributed by atoms with Crippen LogP contribution in [0.25, 0.3) is 0 Å². The number of aryl methyl sites for hydroxylation is 2. The van der Waals surface area contributed by atoms with E-state index in [1.54, 1.807) is 11.9 Å². The summed E-state index contributed by atoms with van der Waals surface area (Å²) >= 11 is 0. The van der Waals surface area contributed by atoms with Gasteiger partial charge in [-0.15, -0.1) is 0 Å². The molecule has 0 unspecified atom stereocenters. The quantitative estimate of drug-likeness (QED) is 0.893. The maximum atomic E-state index is 12.1. The number of carbonyl (C=O) groups excluding carboxylic acids is 1. The minimum atomic E-state index is -0.0301. The maximum Gasteiger partial charge on any atom is 0.254 e. The molecule has 0 atom stereocenters. The lowest BCUT2D eigenvalue weighted by molar-refractivity contribution is 0.0781. The lowest BCUT2D eigenvalue weighted by Crippen LogP contribution is -2.26. The van der Waals surface area contributed by atoms with Crippen molar-refractivity contribution in [2.45, 2.75) is 20.4 Å². The number of carbonyl (C=O) groups is 1. The average molecular weight is 244 g/mol. The third-order valence-electron chi connectivity index (χ3n) is 2.67. The molecule has 94 valence electrons. The van der Waals surface area contributed by atoms with E-state index in [2.05, 4.69) is 15.2 Å². The molecule has 1 heterocycles. The first-order chi connectivity index (χ1) is 8.56. The normalized spacial score (nSPS) is 10.4. The Balaban J connectivity index is 2.07. The topological polar surface area (TPSA) is 61.9 Å². The molecule has 0 aliphatic carbocycles. The van der Waals surface area contributed by atoms with Gasteiger partial charge < -0.3 is 4.90 Å². The molecule has 18 heavy (non-hydrogen) atoms. The third kappa shape index (κ3) is 2.74. The van der Waals surface area contributed by atoms with Gasteiger partial charge in [-0.1, -0.05) is 17.7 Å². The highest BCUT2D eigenvalue weighted by molar-refractivity contribution is 5.94. The second kappa shape index (κ2) is 5.00. The number of nitrogens with one attached hydrogen (secondary N) is 1. The summed E-state index contributed by atoms with van der Waals surface area (Å²) < 4.78 is 0. The van der Waals surface area contributed by atoms with Crippen molar-refractivity contribution in [2.24, 2.45) is 0 Å². The Hall–Kier alpha value is -2.17. The lowest BCUT2D eigenvalue weighted by Gasteiger charge is -2.15. The van der Waals surface area contributed by atoms with Gasteiger partial charge in [-0.05, 0) is 26.0 Å². The molecular weight excluding hydrogens is 228 g/mol. The molecule has 0 aliphatic heterocycles. The summed E-state index contributed by atoms with van der Waals surface area (Å²) in [7, 11) is 1.74. The van der Waals surface area contributed by atoms with Crippen LogP contribution in [0.3, 0.4) is 0 Å². The molecule has 5 nitrogen and oxygen atoms in total. The predicted octanol–water partition coefficient (Wildman–Crippen LogP) is 1.69. The molecule has 1 N–H and O–H groups in total. The SMILES string of the molecule is Cc1ccc(C(=O)N(C)Cc2n[nH]c(C)n2)cc1. The van der Waals surface area contributed by atoms with Crippen LogP contribution >= 0.6 is 0 Å². The predicted molar refractivity (Wildman–Crippen MR) is 68.1 cm³/mol. The summed E-state index contributed by atoms with van der Waals surface area (Å²) in [5.41, 5.74) is 1.81.